The first-order chi connectivity index (χ1) is 15.6. The second-order valence-corrected chi connectivity index (χ2v) is 9.93. The lowest BCUT2D eigenvalue weighted by Gasteiger charge is -2.35. The predicted octanol–water partition coefficient (Wildman–Crippen LogP) is 5.52. The molecule has 6 nitrogen and oxygen atoms in total. The van der Waals surface area contributed by atoms with Crippen molar-refractivity contribution >= 4 is 28.9 Å². The van der Waals surface area contributed by atoms with E-state index in [1.807, 2.05) is 34.6 Å². The van der Waals surface area contributed by atoms with Crippen molar-refractivity contribution in [3.8, 4) is 0 Å². The molecule has 0 unspecified atom stereocenters. The number of esters is 1. The standard InChI is InChI=1S/C27H38N2O4/c1-7-32-25(30)21-12-14-28(15-13-21)24-18-22(19(2)3)8-9-23(24)20-10-16-29(17-11-20)26(31)33-27(4,5)6/h8-10,18,21H,2,7,11-17H2,1,3-6H3. The number of benzene rings is 1. The summed E-state index contributed by atoms with van der Waals surface area (Å²) >= 11 is 0. The quantitative estimate of drug-likeness (QED) is 0.548. The lowest BCUT2D eigenvalue weighted by atomic mass is 9.92. The van der Waals surface area contributed by atoms with Crippen LogP contribution in [0, 0.1) is 5.92 Å². The SMILES string of the molecule is C=C(C)c1ccc(C2=CCN(C(=O)OC(C)(C)C)CC2)c(N2CCC(C(=O)OCC)CC2)c1. The molecule has 0 radical (unpaired) electrons. The summed E-state index contributed by atoms with van der Waals surface area (Å²) in [6, 6.07) is 6.50. The highest BCUT2D eigenvalue weighted by atomic mass is 16.6. The topological polar surface area (TPSA) is 59.1 Å². The number of amides is 1. The van der Waals surface area contributed by atoms with Crippen LogP contribution < -0.4 is 4.90 Å². The van der Waals surface area contributed by atoms with Crippen LogP contribution in [0.3, 0.4) is 0 Å². The molecule has 3 rings (SSSR count). The van der Waals surface area contributed by atoms with E-state index < -0.39 is 5.60 Å². The molecule has 0 aliphatic carbocycles. The van der Waals surface area contributed by atoms with Gasteiger partial charge in [-0.3, -0.25) is 4.79 Å². The molecule has 1 amide bonds. The fraction of sp³-hybridized carbons (Fsp3) is 0.556. The third-order valence-corrected chi connectivity index (χ3v) is 6.15. The molecule has 1 saturated heterocycles. The maximum Gasteiger partial charge on any atom is 0.410 e. The van der Waals surface area contributed by atoms with Crippen LogP contribution in [-0.4, -0.2) is 55.3 Å². The van der Waals surface area contributed by atoms with Crippen LogP contribution in [0.5, 0.6) is 0 Å². The Balaban J connectivity index is 1.79. The molecule has 0 atom stereocenters. The first-order valence-electron chi connectivity index (χ1n) is 12.0. The maximum atomic E-state index is 12.4. The van der Waals surface area contributed by atoms with Gasteiger partial charge in [-0.2, -0.15) is 0 Å². The molecule has 1 aromatic carbocycles. The van der Waals surface area contributed by atoms with E-state index in [2.05, 4.69) is 35.8 Å². The molecule has 0 bridgehead atoms. The molecule has 0 aromatic heterocycles. The Labute approximate surface area is 198 Å². The highest BCUT2D eigenvalue weighted by Gasteiger charge is 2.29. The molecule has 0 N–H and O–H groups in total. The summed E-state index contributed by atoms with van der Waals surface area (Å²) in [5, 5.41) is 0. The number of rotatable bonds is 5. The van der Waals surface area contributed by atoms with Gasteiger partial charge in [0.25, 0.3) is 0 Å². The predicted molar refractivity (Wildman–Crippen MR) is 133 cm³/mol. The van der Waals surface area contributed by atoms with Crippen molar-refractivity contribution in [2.75, 3.05) is 37.7 Å². The Bertz CT molecular complexity index is 921. The van der Waals surface area contributed by atoms with E-state index >= 15 is 0 Å². The van der Waals surface area contributed by atoms with Crippen LogP contribution in [-0.2, 0) is 14.3 Å². The highest BCUT2D eigenvalue weighted by molar-refractivity contribution is 5.82. The van der Waals surface area contributed by atoms with E-state index in [1.165, 1.54) is 16.8 Å². The average Bonchev–Trinajstić information content (AvgIpc) is 2.78. The molecule has 2 heterocycles. The van der Waals surface area contributed by atoms with Crippen molar-refractivity contribution in [3.63, 3.8) is 0 Å². The molecule has 33 heavy (non-hydrogen) atoms. The number of allylic oxidation sites excluding steroid dienone is 1. The van der Waals surface area contributed by atoms with E-state index in [9.17, 15) is 9.59 Å². The summed E-state index contributed by atoms with van der Waals surface area (Å²) in [5.41, 5.74) is 5.26. The molecule has 180 valence electrons. The van der Waals surface area contributed by atoms with Crippen LogP contribution in [0.4, 0.5) is 10.5 Å². The van der Waals surface area contributed by atoms with Crippen molar-refractivity contribution in [3.05, 3.63) is 42.0 Å². The summed E-state index contributed by atoms with van der Waals surface area (Å²) in [4.78, 5) is 28.7. The second kappa shape index (κ2) is 10.4. The van der Waals surface area contributed by atoms with Gasteiger partial charge in [-0.05, 0) is 71.1 Å². The zero-order chi connectivity index (χ0) is 24.2. The minimum atomic E-state index is -0.498. The monoisotopic (exact) mass is 454 g/mol. The summed E-state index contributed by atoms with van der Waals surface area (Å²) < 4.78 is 10.8. The third-order valence-electron chi connectivity index (χ3n) is 6.15. The average molecular weight is 455 g/mol. The van der Waals surface area contributed by atoms with Gasteiger partial charge in [-0.1, -0.05) is 30.4 Å². The fourth-order valence-corrected chi connectivity index (χ4v) is 4.35. The Morgan fingerprint density at radius 3 is 2.39 bits per heavy atom. The van der Waals surface area contributed by atoms with Crippen LogP contribution >= 0.6 is 0 Å². The second-order valence-electron chi connectivity index (χ2n) is 9.93. The lowest BCUT2D eigenvalue weighted by molar-refractivity contribution is -0.148. The third kappa shape index (κ3) is 6.40. The minimum Gasteiger partial charge on any atom is -0.466 e. The number of anilines is 1. The molecule has 6 heteroatoms. The molecule has 0 saturated carbocycles. The van der Waals surface area contributed by atoms with Crippen molar-refractivity contribution < 1.29 is 19.1 Å². The Kier molecular flexibility index (Phi) is 7.88. The van der Waals surface area contributed by atoms with Crippen LogP contribution in [0.25, 0.3) is 11.1 Å². The largest absolute Gasteiger partial charge is 0.466 e. The molecule has 2 aliphatic heterocycles. The van der Waals surface area contributed by atoms with Gasteiger partial charge >= 0.3 is 12.1 Å². The number of hydrogen-bond donors (Lipinski definition) is 0. The van der Waals surface area contributed by atoms with Gasteiger partial charge in [0, 0.05) is 37.4 Å². The van der Waals surface area contributed by atoms with Gasteiger partial charge in [0.1, 0.15) is 5.60 Å². The Morgan fingerprint density at radius 1 is 1.15 bits per heavy atom. The number of piperidine rings is 1. The van der Waals surface area contributed by atoms with Gasteiger partial charge < -0.3 is 19.3 Å². The lowest BCUT2D eigenvalue weighted by Crippen LogP contribution is -2.39. The van der Waals surface area contributed by atoms with Crippen LogP contribution in [0.2, 0.25) is 0 Å². The van der Waals surface area contributed by atoms with Crippen molar-refractivity contribution in [2.24, 2.45) is 5.92 Å². The maximum absolute atomic E-state index is 12.4. The van der Waals surface area contributed by atoms with Gasteiger partial charge in [-0.15, -0.1) is 0 Å². The molecule has 1 aromatic rings. The van der Waals surface area contributed by atoms with Gasteiger partial charge in [-0.25, -0.2) is 4.79 Å². The van der Waals surface area contributed by atoms with E-state index in [4.69, 9.17) is 9.47 Å². The molecule has 1 fully saturated rings. The fourth-order valence-electron chi connectivity index (χ4n) is 4.35. The summed E-state index contributed by atoms with van der Waals surface area (Å²) in [6.07, 6.45) is 4.23. The Morgan fingerprint density at radius 2 is 1.85 bits per heavy atom. The van der Waals surface area contributed by atoms with Crippen molar-refractivity contribution in [2.45, 2.75) is 59.5 Å². The normalized spacial score (nSPS) is 17.4. The van der Waals surface area contributed by atoms with E-state index in [1.54, 1.807) is 4.90 Å². The van der Waals surface area contributed by atoms with Gasteiger partial charge in [0.15, 0.2) is 0 Å². The first-order valence-corrected chi connectivity index (χ1v) is 12.0. The number of carbonyl (C=O) groups is 2. The van der Waals surface area contributed by atoms with Crippen molar-refractivity contribution in [1.29, 1.82) is 0 Å². The van der Waals surface area contributed by atoms with E-state index in [-0.39, 0.29) is 18.0 Å². The smallest absolute Gasteiger partial charge is 0.410 e. The van der Waals surface area contributed by atoms with Gasteiger partial charge in [0.2, 0.25) is 0 Å². The van der Waals surface area contributed by atoms with Crippen LogP contribution in [0.1, 0.15) is 65.0 Å². The van der Waals surface area contributed by atoms with Crippen LogP contribution in [0.15, 0.2) is 30.9 Å². The van der Waals surface area contributed by atoms with Gasteiger partial charge in [0.05, 0.1) is 12.5 Å². The summed E-state index contributed by atoms with van der Waals surface area (Å²) in [5.74, 6) is -0.101. The highest BCUT2D eigenvalue weighted by Crippen LogP contribution is 2.36. The summed E-state index contributed by atoms with van der Waals surface area (Å²) in [6.45, 7) is 16.9. The zero-order valence-electron chi connectivity index (χ0n) is 20.8. The van der Waals surface area contributed by atoms with E-state index in [0.29, 0.717) is 19.7 Å². The molecular weight excluding hydrogens is 416 g/mol. The summed E-state index contributed by atoms with van der Waals surface area (Å²) in [7, 11) is 0. The molecule has 0 spiro atoms. The molecule has 2 aliphatic rings. The number of nitrogens with zero attached hydrogens (tertiary/aromatic N) is 2. The Hall–Kier alpha value is -2.76. The number of ether oxygens (including phenoxy) is 2. The zero-order valence-corrected chi connectivity index (χ0v) is 20.8. The minimum absolute atomic E-state index is 0.0229. The first kappa shape index (κ1) is 24.9. The number of hydrogen-bond acceptors (Lipinski definition) is 5. The number of carbonyl (C=O) groups excluding carboxylic acids is 2. The van der Waals surface area contributed by atoms with E-state index in [0.717, 1.165) is 43.5 Å². The van der Waals surface area contributed by atoms with Crippen molar-refractivity contribution in [1.82, 2.24) is 4.90 Å². The molecular formula is C27H38N2O4.